The topological polar surface area (TPSA) is 29.1 Å². The molecule has 1 aliphatic heterocycles. The van der Waals surface area contributed by atoms with Gasteiger partial charge in [0.2, 0.25) is 5.91 Å². The Kier molecular flexibility index (Phi) is 2.00. The maximum atomic E-state index is 11.2. The highest BCUT2D eigenvalue weighted by Gasteiger charge is 2.48. The van der Waals surface area contributed by atoms with E-state index >= 15 is 0 Å². The van der Waals surface area contributed by atoms with Crippen LogP contribution < -0.4 is 5.32 Å². The van der Waals surface area contributed by atoms with E-state index in [9.17, 15) is 4.79 Å². The summed E-state index contributed by atoms with van der Waals surface area (Å²) in [6.45, 7) is 3.95. The molecule has 1 aliphatic rings. The summed E-state index contributed by atoms with van der Waals surface area (Å²) in [4.78, 5) is 11.2. The van der Waals surface area contributed by atoms with Gasteiger partial charge in [-0.15, -0.1) is 0 Å². The molecule has 1 atom stereocenters. The van der Waals surface area contributed by atoms with Crippen LogP contribution in [0.2, 0.25) is 0 Å². The van der Waals surface area contributed by atoms with E-state index in [1.165, 1.54) is 5.56 Å². The van der Waals surface area contributed by atoms with Crippen LogP contribution in [-0.2, 0) is 4.79 Å². The normalized spacial score (nSPS) is 25.2. The molecule has 1 amide bonds. The molecule has 4 heteroatoms. The minimum absolute atomic E-state index is 0.135. The Morgan fingerprint density at radius 3 is 2.62 bits per heavy atom. The molecule has 0 aromatic carbocycles. The Balaban J connectivity index is 2.31. The van der Waals surface area contributed by atoms with Crippen LogP contribution in [0.5, 0.6) is 0 Å². The van der Waals surface area contributed by atoms with E-state index in [1.807, 2.05) is 19.2 Å². The Morgan fingerprint density at radius 2 is 2.23 bits per heavy atom. The molecule has 2 rings (SSSR count). The summed E-state index contributed by atoms with van der Waals surface area (Å²) in [6, 6.07) is 0.167. The summed E-state index contributed by atoms with van der Waals surface area (Å²) in [7, 11) is 0. The van der Waals surface area contributed by atoms with Crippen LogP contribution in [0.25, 0.3) is 0 Å². The fourth-order valence-electron chi connectivity index (χ4n) is 1.51. The number of β-lactam (4-membered cyclic amide) rings is 1. The first kappa shape index (κ1) is 9.21. The number of hydrogen-bond donors (Lipinski definition) is 1. The number of carbonyl (C=O) groups is 1. The van der Waals surface area contributed by atoms with E-state index in [1.54, 1.807) is 11.3 Å². The molecule has 2 nitrogen and oxygen atoms in total. The lowest BCUT2D eigenvalue weighted by atomic mass is 9.74. The van der Waals surface area contributed by atoms with E-state index in [2.05, 4.69) is 26.6 Å². The summed E-state index contributed by atoms with van der Waals surface area (Å²) < 4.78 is 1.09. The smallest absolute Gasteiger partial charge is 0.228 e. The first-order valence-electron chi connectivity index (χ1n) is 4.06. The molecule has 1 aromatic rings. The van der Waals surface area contributed by atoms with Gasteiger partial charge in [-0.2, -0.15) is 11.3 Å². The lowest BCUT2D eigenvalue weighted by molar-refractivity contribution is -0.143. The van der Waals surface area contributed by atoms with Crippen molar-refractivity contribution in [3.8, 4) is 0 Å². The number of nitrogens with one attached hydrogen (secondary N) is 1. The van der Waals surface area contributed by atoms with Gasteiger partial charge in [-0.1, -0.05) is 0 Å². The molecule has 2 heterocycles. The van der Waals surface area contributed by atoms with E-state index in [4.69, 9.17) is 0 Å². The third-order valence-corrected chi connectivity index (χ3v) is 4.29. The Labute approximate surface area is 89.5 Å². The molecular weight excluding hydrogens is 250 g/mol. The number of amides is 1. The first-order valence-corrected chi connectivity index (χ1v) is 5.79. The molecule has 0 radical (unpaired) electrons. The average Bonchev–Trinajstić information content (AvgIpc) is 2.47. The maximum Gasteiger partial charge on any atom is 0.228 e. The largest absolute Gasteiger partial charge is 0.348 e. The van der Waals surface area contributed by atoms with Crippen LogP contribution in [0.1, 0.15) is 25.5 Å². The summed E-state index contributed by atoms with van der Waals surface area (Å²) in [6.07, 6.45) is 0. The van der Waals surface area contributed by atoms with Gasteiger partial charge in [0.1, 0.15) is 0 Å². The Hall–Kier alpha value is -0.350. The van der Waals surface area contributed by atoms with E-state index in [0.29, 0.717) is 0 Å². The van der Waals surface area contributed by atoms with Crippen LogP contribution in [0.4, 0.5) is 0 Å². The van der Waals surface area contributed by atoms with Crippen molar-refractivity contribution < 1.29 is 4.79 Å². The fourth-order valence-corrected chi connectivity index (χ4v) is 3.07. The van der Waals surface area contributed by atoms with Gasteiger partial charge in [-0.25, -0.2) is 0 Å². The van der Waals surface area contributed by atoms with Crippen LogP contribution in [0.15, 0.2) is 15.2 Å². The van der Waals surface area contributed by atoms with Gasteiger partial charge >= 0.3 is 0 Å². The van der Waals surface area contributed by atoms with Crippen molar-refractivity contribution in [1.82, 2.24) is 5.32 Å². The predicted octanol–water partition coefficient (Wildman–Crippen LogP) is 2.71. The van der Waals surface area contributed by atoms with Gasteiger partial charge in [0.05, 0.1) is 11.5 Å². The molecule has 1 N–H and O–H groups in total. The number of hydrogen-bond acceptors (Lipinski definition) is 2. The molecule has 0 bridgehead atoms. The van der Waals surface area contributed by atoms with Crippen molar-refractivity contribution in [2.75, 3.05) is 0 Å². The first-order chi connectivity index (χ1) is 6.03. The van der Waals surface area contributed by atoms with Gasteiger partial charge in [-0.3, -0.25) is 4.79 Å². The van der Waals surface area contributed by atoms with Gasteiger partial charge in [0.25, 0.3) is 0 Å². The molecular formula is C9H10BrNOS. The molecule has 0 saturated carbocycles. The van der Waals surface area contributed by atoms with Crippen LogP contribution >= 0.6 is 27.3 Å². The lowest BCUT2D eigenvalue weighted by Gasteiger charge is -2.43. The number of carbonyl (C=O) groups excluding carboxylic acids is 1. The SMILES string of the molecule is CC1(C)C(=O)NC1c1cscc1Br. The zero-order valence-electron chi connectivity index (χ0n) is 7.43. The van der Waals surface area contributed by atoms with E-state index in [-0.39, 0.29) is 17.4 Å². The maximum absolute atomic E-state index is 11.2. The highest BCUT2D eigenvalue weighted by atomic mass is 79.9. The Bertz CT molecular complexity index is 358. The molecule has 1 unspecified atom stereocenters. The molecule has 1 fully saturated rings. The minimum atomic E-state index is -0.260. The van der Waals surface area contributed by atoms with Crippen molar-refractivity contribution in [2.24, 2.45) is 5.41 Å². The van der Waals surface area contributed by atoms with Gasteiger partial charge in [0.15, 0.2) is 0 Å². The van der Waals surface area contributed by atoms with Gasteiger partial charge in [-0.05, 0) is 35.2 Å². The highest BCUT2D eigenvalue weighted by molar-refractivity contribution is 9.10. The number of rotatable bonds is 1. The number of halogens is 1. The summed E-state index contributed by atoms with van der Waals surface area (Å²) in [5.74, 6) is 0.135. The Morgan fingerprint density at radius 1 is 1.54 bits per heavy atom. The molecule has 70 valence electrons. The standard InChI is InChI=1S/C9H10BrNOS/c1-9(2)7(11-8(9)12)5-3-13-4-6(5)10/h3-4,7H,1-2H3,(H,11,12). The molecule has 1 saturated heterocycles. The second-order valence-corrected chi connectivity index (χ2v) is 5.40. The van der Waals surface area contributed by atoms with Crippen molar-refractivity contribution in [3.05, 3.63) is 20.8 Å². The predicted molar refractivity (Wildman–Crippen MR) is 56.7 cm³/mol. The highest BCUT2D eigenvalue weighted by Crippen LogP contribution is 2.44. The third-order valence-electron chi connectivity index (χ3n) is 2.54. The zero-order chi connectivity index (χ0) is 9.64. The fraction of sp³-hybridized carbons (Fsp3) is 0.444. The average molecular weight is 260 g/mol. The lowest BCUT2D eigenvalue weighted by Crippen LogP contribution is -2.57. The van der Waals surface area contributed by atoms with Crippen LogP contribution in [0.3, 0.4) is 0 Å². The van der Waals surface area contributed by atoms with Crippen LogP contribution in [-0.4, -0.2) is 5.91 Å². The van der Waals surface area contributed by atoms with Crippen molar-refractivity contribution in [3.63, 3.8) is 0 Å². The second-order valence-electron chi connectivity index (χ2n) is 3.80. The zero-order valence-corrected chi connectivity index (χ0v) is 9.83. The monoisotopic (exact) mass is 259 g/mol. The second kappa shape index (κ2) is 2.82. The summed E-state index contributed by atoms with van der Waals surface area (Å²) in [5.41, 5.74) is 0.929. The van der Waals surface area contributed by atoms with Crippen molar-refractivity contribution >= 4 is 33.2 Å². The molecule has 0 spiro atoms. The van der Waals surface area contributed by atoms with Gasteiger partial charge in [0, 0.05) is 15.4 Å². The number of thiophene rings is 1. The quantitative estimate of drug-likeness (QED) is 0.773. The minimum Gasteiger partial charge on any atom is -0.348 e. The van der Waals surface area contributed by atoms with Gasteiger partial charge < -0.3 is 5.32 Å². The van der Waals surface area contributed by atoms with E-state index < -0.39 is 0 Å². The third kappa shape index (κ3) is 1.23. The molecule has 0 aliphatic carbocycles. The molecule has 1 aromatic heterocycles. The van der Waals surface area contributed by atoms with Crippen LogP contribution in [0, 0.1) is 5.41 Å². The summed E-state index contributed by atoms with van der Waals surface area (Å²) >= 11 is 5.12. The van der Waals surface area contributed by atoms with Crippen molar-refractivity contribution in [1.29, 1.82) is 0 Å². The van der Waals surface area contributed by atoms with Crippen molar-refractivity contribution in [2.45, 2.75) is 19.9 Å². The summed E-state index contributed by atoms with van der Waals surface area (Å²) in [5, 5.41) is 7.03. The van der Waals surface area contributed by atoms with E-state index in [0.717, 1.165) is 4.47 Å². The molecule has 13 heavy (non-hydrogen) atoms.